The summed E-state index contributed by atoms with van der Waals surface area (Å²) in [6.45, 7) is 1.25. The number of rotatable bonds is 8. The van der Waals surface area contributed by atoms with Gasteiger partial charge in [-0.3, -0.25) is 4.79 Å². The van der Waals surface area contributed by atoms with Gasteiger partial charge >= 0.3 is 0 Å². The van der Waals surface area contributed by atoms with Crippen molar-refractivity contribution in [2.75, 3.05) is 41.3 Å². The number of nitrogens with one attached hydrogen (secondary N) is 1. The number of imidazole rings is 1. The second-order valence-electron chi connectivity index (χ2n) is 6.87. The SMILES string of the molecule is COc1ccc(CCNC(=NCC(=O)N(C)C)N(C)Cc2ncc(Cl)n2C)cc1. The molecule has 2 rings (SSSR count). The zero-order valence-electron chi connectivity index (χ0n) is 17.6. The molecule has 0 aliphatic carbocycles. The first kappa shape index (κ1) is 22.5. The van der Waals surface area contributed by atoms with Crippen LogP contribution < -0.4 is 10.1 Å². The van der Waals surface area contributed by atoms with Crippen molar-refractivity contribution in [2.45, 2.75) is 13.0 Å². The predicted molar refractivity (Wildman–Crippen MR) is 115 cm³/mol. The molecule has 0 saturated heterocycles. The number of guanidine groups is 1. The quantitative estimate of drug-likeness (QED) is 0.520. The Kier molecular flexibility index (Phi) is 8.33. The lowest BCUT2D eigenvalue weighted by molar-refractivity contribution is -0.127. The first-order valence-corrected chi connectivity index (χ1v) is 9.68. The smallest absolute Gasteiger partial charge is 0.243 e. The lowest BCUT2D eigenvalue weighted by atomic mass is 10.1. The molecule has 0 spiro atoms. The Labute approximate surface area is 177 Å². The number of hydrogen-bond acceptors (Lipinski definition) is 4. The highest BCUT2D eigenvalue weighted by atomic mass is 35.5. The van der Waals surface area contributed by atoms with Gasteiger partial charge in [0.2, 0.25) is 5.91 Å². The van der Waals surface area contributed by atoms with Crippen LogP contribution in [0.5, 0.6) is 5.75 Å². The van der Waals surface area contributed by atoms with E-state index in [-0.39, 0.29) is 12.5 Å². The van der Waals surface area contributed by atoms with Crippen molar-refractivity contribution in [3.63, 3.8) is 0 Å². The van der Waals surface area contributed by atoms with E-state index in [1.165, 1.54) is 10.5 Å². The van der Waals surface area contributed by atoms with Crippen LogP contribution in [0.25, 0.3) is 0 Å². The van der Waals surface area contributed by atoms with E-state index in [0.29, 0.717) is 24.2 Å². The van der Waals surface area contributed by atoms with Gasteiger partial charge < -0.3 is 24.4 Å². The van der Waals surface area contributed by atoms with Gasteiger partial charge in [0, 0.05) is 34.7 Å². The third-order valence-corrected chi connectivity index (χ3v) is 4.84. The number of aliphatic imine (C=N–C) groups is 1. The summed E-state index contributed by atoms with van der Waals surface area (Å²) < 4.78 is 7.01. The molecule has 2 aromatic rings. The summed E-state index contributed by atoms with van der Waals surface area (Å²) in [6, 6.07) is 7.95. The zero-order chi connectivity index (χ0) is 21.4. The van der Waals surface area contributed by atoms with Gasteiger partial charge in [-0.15, -0.1) is 0 Å². The average Bonchev–Trinajstić information content (AvgIpc) is 3.02. The summed E-state index contributed by atoms with van der Waals surface area (Å²) in [5.74, 6) is 2.21. The second kappa shape index (κ2) is 10.7. The minimum Gasteiger partial charge on any atom is -0.497 e. The average molecular weight is 421 g/mol. The molecule has 0 atom stereocenters. The third kappa shape index (κ3) is 6.67. The van der Waals surface area contributed by atoms with Crippen molar-refractivity contribution in [2.24, 2.45) is 12.0 Å². The Morgan fingerprint density at radius 1 is 1.28 bits per heavy atom. The number of carbonyl (C=O) groups excluding carboxylic acids is 1. The fourth-order valence-electron chi connectivity index (χ4n) is 2.56. The van der Waals surface area contributed by atoms with Gasteiger partial charge in [0.1, 0.15) is 23.3 Å². The maximum absolute atomic E-state index is 12.0. The molecule has 1 aromatic carbocycles. The number of benzene rings is 1. The maximum Gasteiger partial charge on any atom is 0.243 e. The number of ether oxygens (including phenoxy) is 1. The van der Waals surface area contributed by atoms with E-state index in [0.717, 1.165) is 18.0 Å². The van der Waals surface area contributed by atoms with Crippen LogP contribution in [0.3, 0.4) is 0 Å². The summed E-state index contributed by atoms with van der Waals surface area (Å²) in [4.78, 5) is 24.2. The highest BCUT2D eigenvalue weighted by molar-refractivity contribution is 6.29. The summed E-state index contributed by atoms with van der Waals surface area (Å²) in [5, 5.41) is 3.91. The van der Waals surface area contributed by atoms with Crippen molar-refractivity contribution >= 4 is 23.5 Å². The van der Waals surface area contributed by atoms with Gasteiger partial charge in [-0.2, -0.15) is 0 Å². The summed E-state index contributed by atoms with van der Waals surface area (Å²) in [6.07, 6.45) is 2.43. The van der Waals surface area contributed by atoms with Crippen LogP contribution in [-0.2, 0) is 24.8 Å². The van der Waals surface area contributed by atoms with Gasteiger partial charge in [0.15, 0.2) is 5.96 Å². The van der Waals surface area contributed by atoms with E-state index in [9.17, 15) is 4.79 Å². The van der Waals surface area contributed by atoms with Crippen molar-refractivity contribution in [3.05, 3.63) is 47.0 Å². The molecule has 0 fully saturated rings. The molecule has 0 aliphatic rings. The fraction of sp³-hybridized carbons (Fsp3) is 0.450. The van der Waals surface area contributed by atoms with E-state index in [4.69, 9.17) is 16.3 Å². The van der Waals surface area contributed by atoms with Crippen LogP contribution in [0.4, 0.5) is 0 Å². The number of amides is 1. The normalized spacial score (nSPS) is 11.3. The molecule has 158 valence electrons. The lowest BCUT2D eigenvalue weighted by Crippen LogP contribution is -2.41. The molecule has 0 saturated carbocycles. The Morgan fingerprint density at radius 3 is 2.52 bits per heavy atom. The van der Waals surface area contributed by atoms with Gasteiger partial charge in [-0.05, 0) is 24.1 Å². The van der Waals surface area contributed by atoms with Crippen molar-refractivity contribution in [1.29, 1.82) is 0 Å². The highest BCUT2D eigenvalue weighted by Gasteiger charge is 2.13. The molecule has 29 heavy (non-hydrogen) atoms. The van der Waals surface area contributed by atoms with E-state index in [1.807, 2.05) is 47.8 Å². The molecule has 0 unspecified atom stereocenters. The molecule has 0 aliphatic heterocycles. The Bertz CT molecular complexity index is 832. The molecule has 1 aromatic heterocycles. The third-order valence-electron chi connectivity index (χ3n) is 4.49. The number of carbonyl (C=O) groups is 1. The van der Waals surface area contributed by atoms with Gasteiger partial charge in [-0.1, -0.05) is 23.7 Å². The molecule has 0 radical (unpaired) electrons. The largest absolute Gasteiger partial charge is 0.497 e. The molecule has 8 nitrogen and oxygen atoms in total. The molecule has 9 heteroatoms. The molecule has 1 heterocycles. The number of hydrogen-bond donors (Lipinski definition) is 1. The minimum atomic E-state index is -0.0621. The molecular formula is C20H29ClN6O2. The van der Waals surface area contributed by atoms with Crippen molar-refractivity contribution in [1.82, 2.24) is 24.7 Å². The molecule has 0 bridgehead atoms. The lowest BCUT2D eigenvalue weighted by Gasteiger charge is -2.22. The van der Waals surface area contributed by atoms with Crippen LogP contribution >= 0.6 is 11.6 Å². The number of halogens is 1. The van der Waals surface area contributed by atoms with Gasteiger partial charge in [-0.25, -0.2) is 9.98 Å². The second-order valence-corrected chi connectivity index (χ2v) is 7.25. The topological polar surface area (TPSA) is 75.0 Å². The number of likely N-dealkylation sites (N-methyl/N-ethyl adjacent to an activating group) is 1. The van der Waals surface area contributed by atoms with E-state index in [2.05, 4.69) is 15.3 Å². The predicted octanol–water partition coefficient (Wildman–Crippen LogP) is 1.79. The Balaban J connectivity index is 2.03. The maximum atomic E-state index is 12.0. The van der Waals surface area contributed by atoms with Gasteiger partial charge in [0.25, 0.3) is 0 Å². The number of nitrogens with zero attached hydrogens (tertiary/aromatic N) is 5. The molecular weight excluding hydrogens is 392 g/mol. The summed E-state index contributed by atoms with van der Waals surface area (Å²) in [5.41, 5.74) is 1.18. The van der Waals surface area contributed by atoms with Crippen LogP contribution in [-0.4, -0.2) is 72.6 Å². The first-order chi connectivity index (χ1) is 13.8. The van der Waals surface area contributed by atoms with E-state index < -0.39 is 0 Å². The fourth-order valence-corrected chi connectivity index (χ4v) is 2.71. The van der Waals surface area contributed by atoms with E-state index in [1.54, 1.807) is 27.4 Å². The van der Waals surface area contributed by atoms with E-state index >= 15 is 0 Å². The summed E-state index contributed by atoms with van der Waals surface area (Å²) >= 11 is 6.08. The number of aromatic nitrogens is 2. The monoisotopic (exact) mass is 420 g/mol. The van der Waals surface area contributed by atoms with Crippen LogP contribution in [0, 0.1) is 0 Å². The Morgan fingerprint density at radius 2 is 1.97 bits per heavy atom. The van der Waals surface area contributed by atoms with Crippen molar-refractivity contribution in [3.8, 4) is 5.75 Å². The standard InChI is InChI=1S/C20H29ClN6O2/c1-25(2)19(28)13-24-20(26(3)14-18-23-12-17(21)27(18)4)22-11-10-15-6-8-16(29-5)9-7-15/h6-9,12H,10-11,13-14H2,1-5H3,(H,22,24). The number of methoxy groups -OCH3 is 1. The molecule has 1 N–H and O–H groups in total. The Hall–Kier alpha value is -2.74. The van der Waals surface area contributed by atoms with Crippen LogP contribution in [0.1, 0.15) is 11.4 Å². The first-order valence-electron chi connectivity index (χ1n) is 9.30. The zero-order valence-corrected chi connectivity index (χ0v) is 18.4. The summed E-state index contributed by atoms with van der Waals surface area (Å²) in [7, 11) is 8.85. The van der Waals surface area contributed by atoms with Crippen LogP contribution in [0.15, 0.2) is 35.5 Å². The van der Waals surface area contributed by atoms with Gasteiger partial charge in [0.05, 0.1) is 19.9 Å². The molecule has 1 amide bonds. The highest BCUT2D eigenvalue weighted by Crippen LogP contribution is 2.12. The minimum absolute atomic E-state index is 0.0621. The van der Waals surface area contributed by atoms with Crippen molar-refractivity contribution < 1.29 is 9.53 Å². The van der Waals surface area contributed by atoms with Crippen LogP contribution in [0.2, 0.25) is 5.15 Å².